The molecule has 0 radical (unpaired) electrons. The fraction of sp³-hybridized carbons (Fsp3) is 0.611. The lowest BCUT2D eigenvalue weighted by Crippen LogP contribution is -2.50. The molecule has 3 unspecified atom stereocenters. The van der Waals surface area contributed by atoms with Crippen molar-refractivity contribution in [3.8, 4) is 0 Å². The zero-order chi connectivity index (χ0) is 17.0. The number of likely N-dealkylation sites (N-methyl/N-ethyl adjacent to an activating group) is 1. The summed E-state index contributed by atoms with van der Waals surface area (Å²) in [5.74, 6) is -0.252. The summed E-state index contributed by atoms with van der Waals surface area (Å²) in [6, 6.07) is 6.20. The number of carbonyl (C=O) groups is 1. The summed E-state index contributed by atoms with van der Waals surface area (Å²) in [7, 11) is 1.78. The maximum absolute atomic E-state index is 13.0. The van der Waals surface area contributed by atoms with Crippen LogP contribution in [0.4, 0.5) is 4.39 Å². The van der Waals surface area contributed by atoms with E-state index in [1.807, 2.05) is 6.92 Å². The van der Waals surface area contributed by atoms with Crippen molar-refractivity contribution in [2.24, 2.45) is 0 Å². The molecule has 4 nitrogen and oxygen atoms in total. The maximum atomic E-state index is 13.0. The molecule has 0 bridgehead atoms. The number of piperidine rings is 1. The van der Waals surface area contributed by atoms with Gasteiger partial charge in [0.1, 0.15) is 5.82 Å². The van der Waals surface area contributed by atoms with Gasteiger partial charge in [0, 0.05) is 13.1 Å². The Morgan fingerprint density at radius 2 is 2.00 bits per heavy atom. The molecule has 1 N–H and O–H groups in total. The highest BCUT2D eigenvalue weighted by Crippen LogP contribution is 2.22. The number of carbonyl (C=O) groups excluding carboxylic acids is 1. The first kappa shape index (κ1) is 17.9. The first-order chi connectivity index (χ1) is 10.9. The number of hydrogen-bond donors (Lipinski definition) is 1. The lowest BCUT2D eigenvalue weighted by molar-refractivity contribution is -0.134. The Bertz CT molecular complexity index is 518. The molecule has 1 aliphatic rings. The quantitative estimate of drug-likeness (QED) is 0.906. The van der Waals surface area contributed by atoms with E-state index in [1.54, 1.807) is 31.0 Å². The molecule has 1 saturated heterocycles. The monoisotopic (exact) mass is 322 g/mol. The van der Waals surface area contributed by atoms with E-state index in [9.17, 15) is 14.3 Å². The number of benzene rings is 1. The van der Waals surface area contributed by atoms with Gasteiger partial charge in [0.25, 0.3) is 0 Å². The van der Waals surface area contributed by atoms with Crippen LogP contribution in [-0.4, -0.2) is 53.1 Å². The highest BCUT2D eigenvalue weighted by atomic mass is 19.1. The van der Waals surface area contributed by atoms with Crippen LogP contribution >= 0.6 is 0 Å². The second-order valence-corrected chi connectivity index (χ2v) is 6.51. The van der Waals surface area contributed by atoms with Gasteiger partial charge in [-0.3, -0.25) is 9.69 Å². The first-order valence-corrected chi connectivity index (χ1v) is 8.33. The molecule has 3 atom stereocenters. The number of amides is 1. The van der Waals surface area contributed by atoms with Crippen LogP contribution in [0.15, 0.2) is 24.3 Å². The zero-order valence-electron chi connectivity index (χ0n) is 14.2. The molecule has 2 rings (SSSR count). The predicted molar refractivity (Wildman–Crippen MR) is 88.5 cm³/mol. The summed E-state index contributed by atoms with van der Waals surface area (Å²) in [6.45, 7) is 4.89. The molecule has 128 valence electrons. The van der Waals surface area contributed by atoms with Crippen molar-refractivity contribution in [1.29, 1.82) is 0 Å². The van der Waals surface area contributed by atoms with Gasteiger partial charge in [0.2, 0.25) is 5.91 Å². The van der Waals surface area contributed by atoms with E-state index in [0.717, 1.165) is 31.4 Å². The normalized spacial score (nSPS) is 21.7. The molecule has 1 amide bonds. The van der Waals surface area contributed by atoms with E-state index in [1.165, 1.54) is 12.1 Å². The van der Waals surface area contributed by atoms with Gasteiger partial charge in [-0.1, -0.05) is 18.6 Å². The summed E-state index contributed by atoms with van der Waals surface area (Å²) in [6.07, 6.45) is 2.67. The number of nitrogens with zero attached hydrogens (tertiary/aromatic N) is 2. The Morgan fingerprint density at radius 3 is 2.61 bits per heavy atom. The Labute approximate surface area is 137 Å². The van der Waals surface area contributed by atoms with E-state index >= 15 is 0 Å². The minimum absolute atomic E-state index is 0.0226. The predicted octanol–water partition coefficient (Wildman–Crippen LogP) is 2.58. The average Bonchev–Trinajstić information content (AvgIpc) is 2.54. The summed E-state index contributed by atoms with van der Waals surface area (Å²) < 4.78 is 13.0. The van der Waals surface area contributed by atoms with Crippen molar-refractivity contribution in [2.45, 2.75) is 51.3 Å². The van der Waals surface area contributed by atoms with Gasteiger partial charge in [-0.2, -0.15) is 0 Å². The molecule has 5 heteroatoms. The second kappa shape index (κ2) is 7.88. The Kier molecular flexibility index (Phi) is 6.13. The largest absolute Gasteiger partial charge is 0.392 e. The molecule has 1 fully saturated rings. The number of rotatable bonds is 5. The lowest BCUT2D eigenvalue weighted by Gasteiger charge is -2.38. The van der Waals surface area contributed by atoms with E-state index in [4.69, 9.17) is 0 Å². The van der Waals surface area contributed by atoms with E-state index in [-0.39, 0.29) is 23.8 Å². The van der Waals surface area contributed by atoms with Crippen molar-refractivity contribution in [3.63, 3.8) is 0 Å². The molecular formula is C18H27FN2O2. The molecule has 1 aromatic carbocycles. The molecule has 1 heterocycles. The van der Waals surface area contributed by atoms with Crippen LogP contribution in [0.1, 0.15) is 44.7 Å². The van der Waals surface area contributed by atoms with E-state index < -0.39 is 6.10 Å². The second-order valence-electron chi connectivity index (χ2n) is 6.51. The molecule has 1 aliphatic heterocycles. The van der Waals surface area contributed by atoms with E-state index in [0.29, 0.717) is 6.54 Å². The van der Waals surface area contributed by atoms with Crippen LogP contribution in [-0.2, 0) is 4.79 Å². The molecule has 23 heavy (non-hydrogen) atoms. The van der Waals surface area contributed by atoms with Gasteiger partial charge in [-0.15, -0.1) is 0 Å². The average molecular weight is 322 g/mol. The minimum Gasteiger partial charge on any atom is -0.392 e. The van der Waals surface area contributed by atoms with Crippen molar-refractivity contribution in [2.75, 3.05) is 20.1 Å². The molecule has 0 spiro atoms. The smallest absolute Gasteiger partial charge is 0.237 e. The van der Waals surface area contributed by atoms with Gasteiger partial charge in [0.05, 0.1) is 18.7 Å². The summed E-state index contributed by atoms with van der Waals surface area (Å²) in [4.78, 5) is 16.4. The molecule has 1 aromatic rings. The van der Waals surface area contributed by atoms with Crippen molar-refractivity contribution in [1.82, 2.24) is 9.80 Å². The third-order valence-electron chi connectivity index (χ3n) is 4.89. The highest BCUT2D eigenvalue weighted by Gasteiger charge is 2.29. The third kappa shape index (κ3) is 4.52. The fourth-order valence-electron chi connectivity index (χ4n) is 3.23. The molecule has 0 aromatic heterocycles. The van der Waals surface area contributed by atoms with Gasteiger partial charge in [-0.25, -0.2) is 4.39 Å². The SMILES string of the molecule is CC(O)C1CCCCN1CC(=O)N(C)C(C)c1ccc(F)cc1. The summed E-state index contributed by atoms with van der Waals surface area (Å²) in [5.41, 5.74) is 0.910. The summed E-state index contributed by atoms with van der Waals surface area (Å²) >= 11 is 0. The highest BCUT2D eigenvalue weighted by molar-refractivity contribution is 5.78. The van der Waals surface area contributed by atoms with Gasteiger partial charge in [-0.05, 0) is 50.9 Å². The molecule has 0 aliphatic carbocycles. The van der Waals surface area contributed by atoms with Crippen LogP contribution in [0, 0.1) is 5.82 Å². The summed E-state index contributed by atoms with van der Waals surface area (Å²) in [5, 5.41) is 9.91. The zero-order valence-corrected chi connectivity index (χ0v) is 14.2. The molecular weight excluding hydrogens is 295 g/mol. The van der Waals surface area contributed by atoms with E-state index in [2.05, 4.69) is 4.90 Å². The van der Waals surface area contributed by atoms with Crippen LogP contribution in [0.2, 0.25) is 0 Å². The number of aliphatic hydroxyl groups is 1. The Morgan fingerprint density at radius 1 is 1.35 bits per heavy atom. The molecule has 0 saturated carbocycles. The maximum Gasteiger partial charge on any atom is 0.237 e. The van der Waals surface area contributed by atoms with Crippen LogP contribution in [0.5, 0.6) is 0 Å². The number of aliphatic hydroxyl groups excluding tert-OH is 1. The van der Waals surface area contributed by atoms with Crippen molar-refractivity contribution in [3.05, 3.63) is 35.6 Å². The van der Waals surface area contributed by atoms with Crippen LogP contribution in [0.25, 0.3) is 0 Å². The van der Waals surface area contributed by atoms with Gasteiger partial charge in [0.15, 0.2) is 0 Å². The Balaban J connectivity index is 1.99. The third-order valence-corrected chi connectivity index (χ3v) is 4.89. The van der Waals surface area contributed by atoms with Gasteiger partial charge >= 0.3 is 0 Å². The number of likely N-dealkylation sites (tertiary alicyclic amines) is 1. The number of hydrogen-bond acceptors (Lipinski definition) is 3. The fourth-order valence-corrected chi connectivity index (χ4v) is 3.23. The topological polar surface area (TPSA) is 43.8 Å². The van der Waals surface area contributed by atoms with Crippen molar-refractivity contribution < 1.29 is 14.3 Å². The van der Waals surface area contributed by atoms with Crippen LogP contribution in [0.3, 0.4) is 0 Å². The van der Waals surface area contributed by atoms with Crippen molar-refractivity contribution >= 4 is 5.91 Å². The standard InChI is InChI=1S/C18H27FN2O2/c1-13(15-7-9-16(19)10-8-15)20(3)18(23)12-21-11-5-4-6-17(21)14(2)22/h7-10,13-14,17,22H,4-6,11-12H2,1-3H3. The Hall–Kier alpha value is -1.46. The first-order valence-electron chi connectivity index (χ1n) is 8.33. The van der Waals surface area contributed by atoms with Gasteiger partial charge < -0.3 is 10.0 Å². The van der Waals surface area contributed by atoms with Crippen LogP contribution < -0.4 is 0 Å². The number of halogens is 1. The lowest BCUT2D eigenvalue weighted by atomic mass is 9.98. The minimum atomic E-state index is -0.428.